The Morgan fingerprint density at radius 3 is 2.65 bits per heavy atom. The summed E-state index contributed by atoms with van der Waals surface area (Å²) in [5, 5.41) is 9.01. The van der Waals surface area contributed by atoms with Crippen LogP contribution in [0.3, 0.4) is 0 Å². The molecule has 0 spiro atoms. The van der Waals surface area contributed by atoms with E-state index in [1.54, 1.807) is 18.2 Å². The van der Waals surface area contributed by atoms with E-state index in [0.717, 1.165) is 23.1 Å². The average molecular weight is 334 g/mol. The van der Waals surface area contributed by atoms with Crippen molar-refractivity contribution in [3.05, 3.63) is 64.1 Å². The lowest BCUT2D eigenvalue weighted by atomic mass is 10.1. The van der Waals surface area contributed by atoms with Gasteiger partial charge in [0, 0.05) is 23.8 Å². The van der Waals surface area contributed by atoms with Crippen molar-refractivity contribution in [1.82, 2.24) is 0 Å². The Bertz CT molecular complexity index is 613. The van der Waals surface area contributed by atoms with Crippen molar-refractivity contribution >= 4 is 27.6 Å². The number of halogens is 1. The topological polar surface area (TPSA) is 40.5 Å². The standard InChI is InChI=1S/C16H16BrNO2/c1-18(10-9-12-5-2-3-8-15(12)17)14-7-4-6-13(11-14)16(19)20/h2-8,11H,9-10H2,1H3,(H,19,20). The van der Waals surface area contributed by atoms with Crippen molar-refractivity contribution in [3.63, 3.8) is 0 Å². The quantitative estimate of drug-likeness (QED) is 0.904. The zero-order chi connectivity index (χ0) is 14.5. The first-order valence-corrected chi connectivity index (χ1v) is 7.15. The molecule has 2 aromatic carbocycles. The third-order valence-corrected chi connectivity index (χ3v) is 3.98. The molecule has 0 saturated heterocycles. The molecule has 0 bridgehead atoms. The first kappa shape index (κ1) is 14.6. The lowest BCUT2D eigenvalue weighted by molar-refractivity contribution is 0.0697. The van der Waals surface area contributed by atoms with Crippen LogP contribution in [0.25, 0.3) is 0 Å². The molecule has 0 aromatic heterocycles. The molecule has 20 heavy (non-hydrogen) atoms. The van der Waals surface area contributed by atoms with Gasteiger partial charge >= 0.3 is 5.97 Å². The minimum Gasteiger partial charge on any atom is -0.478 e. The van der Waals surface area contributed by atoms with E-state index in [-0.39, 0.29) is 0 Å². The van der Waals surface area contributed by atoms with Crippen LogP contribution in [-0.4, -0.2) is 24.7 Å². The summed E-state index contributed by atoms with van der Waals surface area (Å²) in [5.41, 5.74) is 2.47. The summed E-state index contributed by atoms with van der Waals surface area (Å²) in [6.45, 7) is 0.825. The highest BCUT2D eigenvalue weighted by atomic mass is 79.9. The van der Waals surface area contributed by atoms with Gasteiger partial charge in [0.25, 0.3) is 0 Å². The van der Waals surface area contributed by atoms with E-state index in [2.05, 4.69) is 26.9 Å². The molecule has 0 fully saturated rings. The SMILES string of the molecule is CN(CCc1ccccc1Br)c1cccc(C(=O)O)c1. The van der Waals surface area contributed by atoms with Gasteiger partial charge in [0.15, 0.2) is 0 Å². The third kappa shape index (κ3) is 3.61. The highest BCUT2D eigenvalue weighted by Gasteiger charge is 2.07. The minimum atomic E-state index is -0.897. The molecule has 0 saturated carbocycles. The van der Waals surface area contributed by atoms with Gasteiger partial charge < -0.3 is 10.0 Å². The molecule has 0 aliphatic carbocycles. The van der Waals surface area contributed by atoms with Crippen LogP contribution in [0.15, 0.2) is 53.0 Å². The lowest BCUT2D eigenvalue weighted by Crippen LogP contribution is -2.20. The van der Waals surface area contributed by atoms with Crippen LogP contribution in [0.4, 0.5) is 5.69 Å². The van der Waals surface area contributed by atoms with E-state index in [1.807, 2.05) is 31.3 Å². The van der Waals surface area contributed by atoms with Crippen LogP contribution < -0.4 is 4.90 Å². The Balaban J connectivity index is 2.05. The van der Waals surface area contributed by atoms with E-state index >= 15 is 0 Å². The van der Waals surface area contributed by atoms with Gasteiger partial charge in [0.1, 0.15) is 0 Å². The summed E-state index contributed by atoms with van der Waals surface area (Å²) >= 11 is 3.54. The van der Waals surface area contributed by atoms with Crippen LogP contribution in [0.5, 0.6) is 0 Å². The molecule has 4 heteroatoms. The van der Waals surface area contributed by atoms with Crippen molar-refractivity contribution in [2.75, 3.05) is 18.5 Å². The zero-order valence-electron chi connectivity index (χ0n) is 11.2. The molecular weight excluding hydrogens is 318 g/mol. The van der Waals surface area contributed by atoms with Gasteiger partial charge in [-0.2, -0.15) is 0 Å². The molecule has 2 aromatic rings. The van der Waals surface area contributed by atoms with Gasteiger partial charge in [-0.05, 0) is 36.2 Å². The van der Waals surface area contributed by atoms with Gasteiger partial charge in [-0.15, -0.1) is 0 Å². The number of carboxylic acids is 1. The molecule has 0 unspecified atom stereocenters. The summed E-state index contributed by atoms with van der Waals surface area (Å²) in [6.07, 6.45) is 0.898. The Morgan fingerprint density at radius 2 is 1.95 bits per heavy atom. The summed E-state index contributed by atoms with van der Waals surface area (Å²) in [4.78, 5) is 13.0. The summed E-state index contributed by atoms with van der Waals surface area (Å²) < 4.78 is 1.10. The second-order valence-electron chi connectivity index (χ2n) is 4.62. The van der Waals surface area contributed by atoms with Crippen molar-refractivity contribution < 1.29 is 9.90 Å². The number of benzene rings is 2. The molecule has 2 rings (SSSR count). The highest BCUT2D eigenvalue weighted by molar-refractivity contribution is 9.10. The molecular formula is C16H16BrNO2. The maximum Gasteiger partial charge on any atom is 0.335 e. The smallest absolute Gasteiger partial charge is 0.335 e. The summed E-state index contributed by atoms with van der Waals surface area (Å²) in [7, 11) is 1.97. The number of carbonyl (C=O) groups is 1. The van der Waals surface area contributed by atoms with Crippen molar-refractivity contribution in [2.24, 2.45) is 0 Å². The number of carboxylic acid groups (broad SMARTS) is 1. The number of nitrogens with zero attached hydrogens (tertiary/aromatic N) is 1. The first-order chi connectivity index (χ1) is 9.58. The van der Waals surface area contributed by atoms with Crippen molar-refractivity contribution in [2.45, 2.75) is 6.42 Å². The van der Waals surface area contributed by atoms with E-state index in [9.17, 15) is 4.79 Å². The van der Waals surface area contributed by atoms with Crippen LogP contribution in [0, 0.1) is 0 Å². The van der Waals surface area contributed by atoms with Crippen LogP contribution in [-0.2, 0) is 6.42 Å². The van der Waals surface area contributed by atoms with E-state index in [0.29, 0.717) is 5.56 Å². The first-order valence-electron chi connectivity index (χ1n) is 6.36. The van der Waals surface area contributed by atoms with Gasteiger partial charge in [-0.1, -0.05) is 40.2 Å². The third-order valence-electron chi connectivity index (χ3n) is 3.21. The Hall–Kier alpha value is -1.81. The Kier molecular flexibility index (Phi) is 4.79. The van der Waals surface area contributed by atoms with Crippen LogP contribution in [0.2, 0.25) is 0 Å². The highest BCUT2D eigenvalue weighted by Crippen LogP contribution is 2.19. The fraction of sp³-hybridized carbons (Fsp3) is 0.188. The second-order valence-corrected chi connectivity index (χ2v) is 5.47. The zero-order valence-corrected chi connectivity index (χ0v) is 12.8. The maximum atomic E-state index is 11.0. The number of hydrogen-bond donors (Lipinski definition) is 1. The Morgan fingerprint density at radius 1 is 1.20 bits per heavy atom. The van der Waals surface area contributed by atoms with E-state index in [1.165, 1.54) is 5.56 Å². The molecule has 104 valence electrons. The minimum absolute atomic E-state index is 0.315. The predicted molar refractivity (Wildman–Crippen MR) is 84.5 cm³/mol. The molecule has 0 aliphatic rings. The van der Waals surface area contributed by atoms with Crippen LogP contribution >= 0.6 is 15.9 Å². The van der Waals surface area contributed by atoms with Crippen molar-refractivity contribution in [3.8, 4) is 0 Å². The Labute approximate surface area is 127 Å². The number of hydrogen-bond acceptors (Lipinski definition) is 2. The average Bonchev–Trinajstić information content (AvgIpc) is 2.46. The number of likely N-dealkylation sites (N-methyl/N-ethyl adjacent to an activating group) is 1. The molecule has 0 amide bonds. The normalized spacial score (nSPS) is 10.3. The second kappa shape index (κ2) is 6.57. The van der Waals surface area contributed by atoms with E-state index in [4.69, 9.17) is 5.11 Å². The monoisotopic (exact) mass is 333 g/mol. The lowest BCUT2D eigenvalue weighted by Gasteiger charge is -2.20. The number of rotatable bonds is 5. The van der Waals surface area contributed by atoms with Crippen LogP contribution in [0.1, 0.15) is 15.9 Å². The molecule has 0 heterocycles. The van der Waals surface area contributed by atoms with Gasteiger partial charge in [-0.3, -0.25) is 0 Å². The van der Waals surface area contributed by atoms with Gasteiger partial charge in [0.05, 0.1) is 5.56 Å². The number of anilines is 1. The summed E-state index contributed by atoms with van der Waals surface area (Å²) in [5.74, 6) is -0.897. The van der Waals surface area contributed by atoms with Crippen molar-refractivity contribution in [1.29, 1.82) is 0 Å². The molecule has 0 radical (unpaired) electrons. The fourth-order valence-electron chi connectivity index (χ4n) is 1.99. The molecule has 1 N–H and O–H groups in total. The maximum absolute atomic E-state index is 11.0. The van der Waals surface area contributed by atoms with E-state index < -0.39 is 5.97 Å². The summed E-state index contributed by atoms with van der Waals surface area (Å²) in [6, 6.07) is 15.1. The fourth-order valence-corrected chi connectivity index (χ4v) is 2.48. The predicted octanol–water partition coefficient (Wildman–Crippen LogP) is 3.83. The molecule has 3 nitrogen and oxygen atoms in total. The van der Waals surface area contributed by atoms with Gasteiger partial charge in [0.2, 0.25) is 0 Å². The molecule has 0 aliphatic heterocycles. The number of aromatic carboxylic acids is 1. The van der Waals surface area contributed by atoms with Gasteiger partial charge in [-0.25, -0.2) is 4.79 Å². The molecule has 0 atom stereocenters. The largest absolute Gasteiger partial charge is 0.478 e.